The van der Waals surface area contributed by atoms with E-state index >= 15 is 0 Å². The van der Waals surface area contributed by atoms with Crippen molar-refractivity contribution in [3.63, 3.8) is 0 Å². The Labute approximate surface area is 81.9 Å². The molecular weight excluding hydrogens is 164 g/mol. The molecule has 0 aromatic carbocycles. The zero-order valence-corrected chi connectivity index (χ0v) is 9.00. The summed E-state index contributed by atoms with van der Waals surface area (Å²) in [6, 6.07) is 0. The summed E-state index contributed by atoms with van der Waals surface area (Å²) in [4.78, 5) is 4.52. The first kappa shape index (κ1) is 12.8. The molecule has 4 N–H and O–H groups in total. The monoisotopic (exact) mass is 188 g/mol. The SMILES string of the molecule is CN(C)CCCN(CCN)CCN. The highest BCUT2D eigenvalue weighted by atomic mass is 15.1. The summed E-state index contributed by atoms with van der Waals surface area (Å²) in [6.07, 6.45) is 1.19. The minimum absolute atomic E-state index is 0.724. The molecule has 0 aromatic rings. The van der Waals surface area contributed by atoms with Crippen molar-refractivity contribution in [2.75, 3.05) is 53.4 Å². The molecule has 0 amide bonds. The van der Waals surface area contributed by atoms with Crippen LogP contribution in [0.25, 0.3) is 0 Å². The normalized spacial score (nSPS) is 11.5. The van der Waals surface area contributed by atoms with Crippen molar-refractivity contribution in [3.05, 3.63) is 0 Å². The Morgan fingerprint density at radius 2 is 1.38 bits per heavy atom. The van der Waals surface area contributed by atoms with Crippen LogP contribution in [0, 0.1) is 0 Å². The summed E-state index contributed by atoms with van der Waals surface area (Å²) < 4.78 is 0. The molecule has 0 saturated carbocycles. The Bertz CT molecular complexity index is 99.8. The van der Waals surface area contributed by atoms with E-state index in [0.717, 1.165) is 39.3 Å². The van der Waals surface area contributed by atoms with Crippen LogP contribution >= 0.6 is 0 Å². The van der Waals surface area contributed by atoms with E-state index in [1.54, 1.807) is 0 Å². The summed E-state index contributed by atoms with van der Waals surface area (Å²) in [5.74, 6) is 0. The quantitative estimate of drug-likeness (QED) is 0.521. The zero-order valence-electron chi connectivity index (χ0n) is 9.00. The summed E-state index contributed by atoms with van der Waals surface area (Å²) in [7, 11) is 4.19. The third-order valence-corrected chi connectivity index (χ3v) is 1.97. The smallest absolute Gasteiger partial charge is 0.0105 e. The van der Waals surface area contributed by atoms with Crippen LogP contribution in [0.1, 0.15) is 6.42 Å². The van der Waals surface area contributed by atoms with Crippen LogP contribution in [0.3, 0.4) is 0 Å². The average molecular weight is 188 g/mol. The summed E-state index contributed by atoms with van der Waals surface area (Å²) in [5.41, 5.74) is 11.0. The molecule has 4 nitrogen and oxygen atoms in total. The van der Waals surface area contributed by atoms with E-state index in [-0.39, 0.29) is 0 Å². The van der Waals surface area contributed by atoms with Crippen LogP contribution in [0.15, 0.2) is 0 Å². The second-order valence-corrected chi connectivity index (χ2v) is 3.58. The van der Waals surface area contributed by atoms with Gasteiger partial charge in [0.2, 0.25) is 0 Å². The van der Waals surface area contributed by atoms with Gasteiger partial charge in [0.05, 0.1) is 0 Å². The van der Waals surface area contributed by atoms with Crippen LogP contribution in [0.4, 0.5) is 0 Å². The third-order valence-electron chi connectivity index (χ3n) is 1.97. The average Bonchev–Trinajstić information content (AvgIpc) is 2.04. The molecule has 0 atom stereocenters. The van der Waals surface area contributed by atoms with Gasteiger partial charge < -0.3 is 21.3 Å². The van der Waals surface area contributed by atoms with Gasteiger partial charge in [-0.05, 0) is 33.6 Å². The van der Waals surface area contributed by atoms with Gasteiger partial charge >= 0.3 is 0 Å². The number of nitrogens with two attached hydrogens (primary N) is 2. The van der Waals surface area contributed by atoms with E-state index in [0.29, 0.717) is 0 Å². The number of hydrogen-bond donors (Lipinski definition) is 2. The zero-order chi connectivity index (χ0) is 10.1. The fraction of sp³-hybridized carbons (Fsp3) is 1.00. The van der Waals surface area contributed by atoms with Gasteiger partial charge in [-0.25, -0.2) is 0 Å². The maximum Gasteiger partial charge on any atom is 0.0105 e. The van der Waals surface area contributed by atoms with Crippen molar-refractivity contribution >= 4 is 0 Å². The molecule has 0 aromatic heterocycles. The standard InChI is InChI=1S/C9H24N4/c1-12(2)6-3-7-13(8-4-10)9-5-11/h3-11H2,1-2H3. The lowest BCUT2D eigenvalue weighted by molar-refractivity contribution is 0.267. The largest absolute Gasteiger partial charge is 0.329 e. The highest BCUT2D eigenvalue weighted by Gasteiger charge is 2.01. The Hall–Kier alpha value is -0.160. The molecule has 0 unspecified atom stereocenters. The molecule has 0 spiro atoms. The molecule has 80 valence electrons. The topological polar surface area (TPSA) is 58.5 Å². The Kier molecular flexibility index (Phi) is 8.33. The fourth-order valence-corrected chi connectivity index (χ4v) is 1.31. The summed E-state index contributed by atoms with van der Waals surface area (Å²) in [6.45, 7) is 5.61. The lowest BCUT2D eigenvalue weighted by Crippen LogP contribution is -2.35. The van der Waals surface area contributed by atoms with Crippen LogP contribution in [-0.4, -0.2) is 63.2 Å². The molecule has 0 bridgehead atoms. The molecule has 0 radical (unpaired) electrons. The van der Waals surface area contributed by atoms with E-state index < -0.39 is 0 Å². The molecule has 0 aliphatic carbocycles. The molecule has 0 fully saturated rings. The van der Waals surface area contributed by atoms with E-state index in [1.807, 2.05) is 0 Å². The number of hydrogen-bond acceptors (Lipinski definition) is 4. The minimum Gasteiger partial charge on any atom is -0.329 e. The predicted molar refractivity (Wildman–Crippen MR) is 57.7 cm³/mol. The van der Waals surface area contributed by atoms with Gasteiger partial charge in [-0.2, -0.15) is 0 Å². The van der Waals surface area contributed by atoms with Crippen LogP contribution in [0.2, 0.25) is 0 Å². The van der Waals surface area contributed by atoms with E-state index in [4.69, 9.17) is 11.5 Å². The molecule has 0 saturated heterocycles. The predicted octanol–water partition coefficient (Wildman–Crippen LogP) is -0.842. The van der Waals surface area contributed by atoms with Crippen molar-refractivity contribution in [1.82, 2.24) is 9.80 Å². The van der Waals surface area contributed by atoms with Crippen molar-refractivity contribution < 1.29 is 0 Å². The maximum absolute atomic E-state index is 5.50. The second-order valence-electron chi connectivity index (χ2n) is 3.58. The van der Waals surface area contributed by atoms with Gasteiger partial charge in [-0.15, -0.1) is 0 Å². The van der Waals surface area contributed by atoms with Crippen LogP contribution in [0.5, 0.6) is 0 Å². The molecule has 0 heterocycles. The van der Waals surface area contributed by atoms with Gasteiger partial charge in [0.25, 0.3) is 0 Å². The third kappa shape index (κ3) is 8.18. The first-order chi connectivity index (χ1) is 6.20. The van der Waals surface area contributed by atoms with E-state index in [2.05, 4.69) is 23.9 Å². The van der Waals surface area contributed by atoms with Gasteiger partial charge in [0.1, 0.15) is 0 Å². The van der Waals surface area contributed by atoms with Crippen molar-refractivity contribution in [2.24, 2.45) is 11.5 Å². The van der Waals surface area contributed by atoms with E-state index in [9.17, 15) is 0 Å². The number of nitrogens with zero attached hydrogens (tertiary/aromatic N) is 2. The number of rotatable bonds is 8. The van der Waals surface area contributed by atoms with Gasteiger partial charge in [-0.3, -0.25) is 0 Å². The fourth-order valence-electron chi connectivity index (χ4n) is 1.31. The first-order valence-corrected chi connectivity index (χ1v) is 4.98. The van der Waals surface area contributed by atoms with Gasteiger partial charge in [0.15, 0.2) is 0 Å². The molecule has 0 rings (SSSR count). The summed E-state index contributed by atoms with van der Waals surface area (Å²) >= 11 is 0. The van der Waals surface area contributed by atoms with Crippen molar-refractivity contribution in [2.45, 2.75) is 6.42 Å². The lowest BCUT2D eigenvalue weighted by atomic mass is 10.3. The molecular formula is C9H24N4. The molecule has 13 heavy (non-hydrogen) atoms. The summed E-state index contributed by atoms with van der Waals surface area (Å²) in [5, 5.41) is 0. The maximum atomic E-state index is 5.50. The minimum atomic E-state index is 0.724. The molecule has 4 heteroatoms. The highest BCUT2D eigenvalue weighted by molar-refractivity contribution is 4.59. The Morgan fingerprint density at radius 1 is 0.846 bits per heavy atom. The van der Waals surface area contributed by atoms with Crippen LogP contribution < -0.4 is 11.5 Å². The highest BCUT2D eigenvalue weighted by Crippen LogP contribution is 1.91. The second kappa shape index (κ2) is 8.44. The lowest BCUT2D eigenvalue weighted by Gasteiger charge is -2.21. The Morgan fingerprint density at radius 3 is 1.77 bits per heavy atom. The van der Waals surface area contributed by atoms with Gasteiger partial charge in [0, 0.05) is 26.2 Å². The van der Waals surface area contributed by atoms with E-state index in [1.165, 1.54) is 6.42 Å². The molecule has 0 aliphatic rings. The van der Waals surface area contributed by atoms with Crippen LogP contribution in [-0.2, 0) is 0 Å². The first-order valence-electron chi connectivity index (χ1n) is 4.98. The van der Waals surface area contributed by atoms with Gasteiger partial charge in [-0.1, -0.05) is 0 Å². The molecule has 0 aliphatic heterocycles. The van der Waals surface area contributed by atoms with Crippen molar-refractivity contribution in [1.29, 1.82) is 0 Å². The van der Waals surface area contributed by atoms with Crippen molar-refractivity contribution in [3.8, 4) is 0 Å². The Balaban J connectivity index is 3.44.